The Hall–Kier alpha value is -4.12. The Morgan fingerprint density at radius 3 is 2.53 bits per heavy atom. The molecule has 5 rings (SSSR count). The third-order valence-electron chi connectivity index (χ3n) is 5.54. The first-order valence-corrected chi connectivity index (χ1v) is 12.9. The Labute approximate surface area is 218 Å². The number of hydrogen-bond donors (Lipinski definition) is 4. The van der Waals surface area contributed by atoms with Crippen molar-refractivity contribution in [2.45, 2.75) is 16.7 Å². The van der Waals surface area contributed by atoms with Crippen molar-refractivity contribution in [2.75, 3.05) is 5.73 Å². The van der Waals surface area contributed by atoms with Gasteiger partial charge in [-0.05, 0) is 61.0 Å². The standard InChI is InChI=1S/C23H18N6O7S2/c1-12-8-13(24)2-5-18(12)26-25-14-3-7-20(21(30)9-14)29-27-19-6-4-16-17(23(19)28-29)10-15(38(32,33)34)11-22(16)37-36-35-31/h2-11,30-31H,24H2,1H3,(H,32,33,34). The summed E-state index contributed by atoms with van der Waals surface area (Å²) >= 11 is 0.532. The number of fused-ring (bicyclic) bond motifs is 3. The van der Waals surface area contributed by atoms with Gasteiger partial charge in [-0.2, -0.15) is 18.6 Å². The lowest BCUT2D eigenvalue weighted by Gasteiger charge is -2.07. The van der Waals surface area contributed by atoms with Gasteiger partial charge < -0.3 is 10.8 Å². The van der Waals surface area contributed by atoms with E-state index in [2.05, 4.69) is 29.8 Å². The fraction of sp³-hybridized carbons (Fsp3) is 0.0435. The number of azo groups is 1. The molecule has 0 fully saturated rings. The molecule has 15 heteroatoms. The van der Waals surface area contributed by atoms with Crippen molar-refractivity contribution in [2.24, 2.45) is 10.2 Å². The number of phenolic OH excluding ortho intramolecular Hbond substituents is 1. The molecule has 0 atom stereocenters. The van der Waals surface area contributed by atoms with Crippen LogP contribution in [0.5, 0.6) is 5.75 Å². The number of anilines is 1. The molecular formula is C23H18N6O7S2. The zero-order valence-corrected chi connectivity index (χ0v) is 21.0. The molecule has 0 unspecified atom stereocenters. The number of rotatable bonds is 7. The summed E-state index contributed by atoms with van der Waals surface area (Å²) in [7, 11) is -4.59. The summed E-state index contributed by atoms with van der Waals surface area (Å²) in [6.45, 7) is 1.86. The third-order valence-corrected chi connectivity index (χ3v) is 7.02. The highest BCUT2D eigenvalue weighted by Crippen LogP contribution is 2.36. The zero-order chi connectivity index (χ0) is 27.0. The third kappa shape index (κ3) is 5.01. The Bertz CT molecular complexity index is 1840. The molecule has 194 valence electrons. The summed E-state index contributed by atoms with van der Waals surface area (Å²) in [4.78, 5) is 0.976. The maximum absolute atomic E-state index is 11.8. The second-order valence-electron chi connectivity index (χ2n) is 8.06. The van der Waals surface area contributed by atoms with Crippen molar-refractivity contribution < 1.29 is 32.7 Å². The van der Waals surface area contributed by atoms with Crippen LogP contribution >= 0.6 is 12.0 Å². The van der Waals surface area contributed by atoms with Crippen LogP contribution in [0, 0.1) is 6.92 Å². The van der Waals surface area contributed by atoms with Crippen LogP contribution in [0.1, 0.15) is 5.56 Å². The van der Waals surface area contributed by atoms with Gasteiger partial charge in [-0.25, -0.2) is 5.26 Å². The Morgan fingerprint density at radius 2 is 1.82 bits per heavy atom. The first kappa shape index (κ1) is 25.5. The fourth-order valence-corrected chi connectivity index (χ4v) is 4.93. The minimum atomic E-state index is -4.59. The summed E-state index contributed by atoms with van der Waals surface area (Å²) in [5.74, 6) is -0.177. The van der Waals surface area contributed by atoms with E-state index in [1.165, 1.54) is 16.9 Å². The predicted octanol–water partition coefficient (Wildman–Crippen LogP) is 5.26. The van der Waals surface area contributed by atoms with Crippen LogP contribution in [-0.4, -0.2) is 38.3 Å². The highest BCUT2D eigenvalue weighted by molar-refractivity contribution is 7.94. The number of aromatic hydroxyl groups is 1. The van der Waals surface area contributed by atoms with Gasteiger partial charge in [0.05, 0.1) is 28.3 Å². The van der Waals surface area contributed by atoms with Crippen molar-refractivity contribution in [1.29, 1.82) is 0 Å². The van der Waals surface area contributed by atoms with E-state index in [1.807, 2.05) is 6.92 Å². The van der Waals surface area contributed by atoms with Crippen LogP contribution in [0.3, 0.4) is 0 Å². The highest BCUT2D eigenvalue weighted by Gasteiger charge is 2.19. The minimum absolute atomic E-state index is 0.177. The van der Waals surface area contributed by atoms with Crippen molar-refractivity contribution in [3.8, 4) is 11.4 Å². The lowest BCUT2D eigenvalue weighted by Crippen LogP contribution is -1.99. The molecule has 1 aromatic heterocycles. The van der Waals surface area contributed by atoms with E-state index in [0.717, 1.165) is 11.6 Å². The molecule has 0 spiro atoms. The lowest BCUT2D eigenvalue weighted by atomic mass is 10.1. The van der Waals surface area contributed by atoms with Crippen molar-refractivity contribution in [3.05, 3.63) is 66.2 Å². The number of nitrogen functional groups attached to an aromatic ring is 1. The normalized spacial score (nSPS) is 12.2. The number of aryl methyl sites for hydroxylation is 1. The molecular weight excluding hydrogens is 536 g/mol. The van der Waals surface area contributed by atoms with E-state index < -0.39 is 15.0 Å². The highest BCUT2D eigenvalue weighted by atomic mass is 32.2. The number of hydrogen-bond acceptors (Lipinski definition) is 12. The molecule has 0 aliphatic carbocycles. The van der Waals surface area contributed by atoms with Crippen LogP contribution in [0.2, 0.25) is 0 Å². The Balaban J connectivity index is 1.56. The summed E-state index contributed by atoms with van der Waals surface area (Å²) in [6.07, 6.45) is 0. The Morgan fingerprint density at radius 1 is 1.00 bits per heavy atom. The molecule has 38 heavy (non-hydrogen) atoms. The van der Waals surface area contributed by atoms with Gasteiger partial charge in [0.15, 0.2) is 0 Å². The topological polar surface area (TPSA) is 195 Å². The largest absolute Gasteiger partial charge is 0.506 e. The van der Waals surface area contributed by atoms with E-state index >= 15 is 0 Å². The van der Waals surface area contributed by atoms with Gasteiger partial charge in [-0.3, -0.25) is 4.55 Å². The van der Waals surface area contributed by atoms with Crippen LogP contribution in [-0.2, 0) is 19.5 Å². The predicted molar refractivity (Wildman–Crippen MR) is 138 cm³/mol. The number of phenols is 1. The smallest absolute Gasteiger partial charge is 0.294 e. The fourth-order valence-electron chi connectivity index (χ4n) is 3.78. The van der Waals surface area contributed by atoms with E-state index in [9.17, 15) is 18.1 Å². The van der Waals surface area contributed by atoms with Gasteiger partial charge in [-0.15, -0.1) is 19.3 Å². The quantitative estimate of drug-likeness (QED) is 0.0511. The summed E-state index contributed by atoms with van der Waals surface area (Å²) in [6, 6.07) is 15.5. The molecule has 4 aromatic carbocycles. The van der Waals surface area contributed by atoms with Gasteiger partial charge in [-0.1, -0.05) is 11.1 Å². The van der Waals surface area contributed by atoms with Crippen molar-refractivity contribution >= 4 is 61.0 Å². The minimum Gasteiger partial charge on any atom is -0.506 e. The van der Waals surface area contributed by atoms with Gasteiger partial charge in [0.1, 0.15) is 22.5 Å². The van der Waals surface area contributed by atoms with Crippen LogP contribution in [0.15, 0.2) is 80.7 Å². The second-order valence-corrected chi connectivity index (χ2v) is 10.2. The summed E-state index contributed by atoms with van der Waals surface area (Å²) < 4.78 is 37.8. The molecule has 13 nitrogen and oxygen atoms in total. The molecule has 0 saturated carbocycles. The van der Waals surface area contributed by atoms with E-state index in [-0.39, 0.29) is 21.8 Å². The zero-order valence-electron chi connectivity index (χ0n) is 19.4. The summed E-state index contributed by atoms with van der Waals surface area (Å²) in [5.41, 5.74) is 9.13. The first-order chi connectivity index (χ1) is 18.1. The van der Waals surface area contributed by atoms with Crippen LogP contribution in [0.4, 0.5) is 17.1 Å². The van der Waals surface area contributed by atoms with E-state index in [1.54, 1.807) is 42.5 Å². The van der Waals surface area contributed by atoms with E-state index in [0.29, 0.717) is 45.4 Å². The molecule has 0 amide bonds. The average molecular weight is 555 g/mol. The van der Waals surface area contributed by atoms with Crippen molar-refractivity contribution in [1.82, 2.24) is 15.0 Å². The van der Waals surface area contributed by atoms with Gasteiger partial charge in [0.2, 0.25) is 0 Å². The molecule has 5 N–H and O–H groups in total. The van der Waals surface area contributed by atoms with Gasteiger partial charge in [0, 0.05) is 27.4 Å². The average Bonchev–Trinajstić information content (AvgIpc) is 3.30. The maximum Gasteiger partial charge on any atom is 0.294 e. The SMILES string of the molecule is Cc1cc(N)ccc1N=Nc1ccc(-n2nc3ccc4c(SOOO)cc(S(=O)(=O)O)cc4c3n2)c(O)c1. The molecule has 0 bridgehead atoms. The molecule has 5 aromatic rings. The lowest BCUT2D eigenvalue weighted by molar-refractivity contribution is -0.432. The maximum atomic E-state index is 11.8. The molecule has 0 aliphatic heterocycles. The molecule has 0 radical (unpaired) electrons. The first-order valence-electron chi connectivity index (χ1n) is 10.7. The summed E-state index contributed by atoms with van der Waals surface area (Å²) in [5, 5.41) is 40.8. The monoisotopic (exact) mass is 554 g/mol. The number of nitrogens with zero attached hydrogens (tertiary/aromatic N) is 5. The van der Waals surface area contributed by atoms with Crippen LogP contribution < -0.4 is 5.73 Å². The molecule has 0 aliphatic rings. The molecule has 0 saturated heterocycles. The number of aromatic nitrogens is 3. The second kappa shape index (κ2) is 9.97. The van der Waals surface area contributed by atoms with Crippen molar-refractivity contribution in [3.63, 3.8) is 0 Å². The van der Waals surface area contributed by atoms with Gasteiger partial charge >= 0.3 is 0 Å². The number of nitrogens with two attached hydrogens (primary N) is 1. The molecule has 1 heterocycles. The van der Waals surface area contributed by atoms with E-state index in [4.69, 9.17) is 11.0 Å². The van der Waals surface area contributed by atoms with Crippen LogP contribution in [0.25, 0.3) is 27.5 Å². The van der Waals surface area contributed by atoms with Gasteiger partial charge in [0.25, 0.3) is 10.1 Å². The Kier molecular flexibility index (Phi) is 6.70. The number of benzene rings is 4.